The van der Waals surface area contributed by atoms with Crippen LogP contribution in [0.2, 0.25) is 0 Å². The summed E-state index contributed by atoms with van der Waals surface area (Å²) < 4.78 is 28.4. The summed E-state index contributed by atoms with van der Waals surface area (Å²) >= 11 is 0. The molecule has 0 fully saturated rings. The summed E-state index contributed by atoms with van der Waals surface area (Å²) in [4.78, 5) is 18.6. The van der Waals surface area contributed by atoms with Crippen LogP contribution in [0.5, 0.6) is 28.7 Å². The minimum absolute atomic E-state index is 0.287. The Balaban J connectivity index is 1.53. The molecule has 0 unspecified atom stereocenters. The van der Waals surface area contributed by atoms with Crippen LogP contribution in [0.25, 0.3) is 10.9 Å². The van der Waals surface area contributed by atoms with Crippen LogP contribution in [-0.2, 0) is 12.8 Å². The van der Waals surface area contributed by atoms with Crippen molar-refractivity contribution in [2.75, 3.05) is 44.7 Å². The average Bonchev–Trinajstić information content (AvgIpc) is 3.02. The Hall–Kier alpha value is -4.66. The van der Waals surface area contributed by atoms with Crippen molar-refractivity contribution in [2.45, 2.75) is 46.5 Å². The van der Waals surface area contributed by atoms with Crippen molar-refractivity contribution in [3.05, 3.63) is 65.4 Å². The third-order valence-electron chi connectivity index (χ3n) is 7.34. The van der Waals surface area contributed by atoms with E-state index in [1.165, 1.54) is 5.56 Å². The maximum Gasteiger partial charge on any atom is 0.255 e. The zero-order valence-electron chi connectivity index (χ0n) is 25.5. The molecule has 3 aromatic carbocycles. The zero-order valence-corrected chi connectivity index (χ0v) is 25.5. The number of hydrogen-bond acceptors (Lipinski definition) is 8. The van der Waals surface area contributed by atoms with Crippen LogP contribution in [0.1, 0.15) is 55.2 Å². The van der Waals surface area contributed by atoms with Gasteiger partial charge < -0.3 is 34.3 Å². The lowest BCUT2D eigenvalue weighted by atomic mass is 9.92. The Morgan fingerprint density at radius 3 is 2.12 bits per heavy atom. The van der Waals surface area contributed by atoms with Gasteiger partial charge in [-0.25, -0.2) is 0 Å². The quantitative estimate of drug-likeness (QED) is 0.178. The fraction of sp³-hybridized carbons (Fsp3) is 0.353. The smallest absolute Gasteiger partial charge is 0.255 e. The number of benzene rings is 3. The maximum absolute atomic E-state index is 13.6. The number of nitrogens with one attached hydrogen (secondary N) is 2. The number of anilines is 3. The van der Waals surface area contributed by atoms with Gasteiger partial charge in [-0.2, -0.15) is 0 Å². The van der Waals surface area contributed by atoms with Gasteiger partial charge in [0.1, 0.15) is 0 Å². The fourth-order valence-electron chi connectivity index (χ4n) is 5.43. The van der Waals surface area contributed by atoms with Crippen molar-refractivity contribution in [1.82, 2.24) is 4.98 Å². The van der Waals surface area contributed by atoms with Crippen LogP contribution < -0.4 is 34.3 Å². The number of carbonyl (C=O) groups excluding carboxylic acids is 1. The van der Waals surface area contributed by atoms with Crippen LogP contribution >= 0.6 is 0 Å². The molecule has 0 aliphatic heterocycles. The summed E-state index contributed by atoms with van der Waals surface area (Å²) in [5, 5.41) is 7.62. The molecule has 0 spiro atoms. The predicted octanol–water partition coefficient (Wildman–Crippen LogP) is 7.32. The molecule has 0 atom stereocenters. The lowest BCUT2D eigenvalue weighted by molar-refractivity contribution is 0.102. The number of methoxy groups -OCH3 is 2. The average molecular weight is 586 g/mol. The number of pyridine rings is 1. The fourth-order valence-corrected chi connectivity index (χ4v) is 5.43. The van der Waals surface area contributed by atoms with Crippen molar-refractivity contribution in [3.63, 3.8) is 0 Å². The molecule has 4 aromatic rings. The van der Waals surface area contributed by atoms with Gasteiger partial charge in [0.25, 0.3) is 5.91 Å². The predicted molar refractivity (Wildman–Crippen MR) is 169 cm³/mol. The van der Waals surface area contributed by atoms with Gasteiger partial charge in [0, 0.05) is 34.1 Å². The molecule has 1 aliphatic carbocycles. The molecule has 0 radical (unpaired) electrons. The monoisotopic (exact) mass is 585 g/mol. The number of hydrogen-bond donors (Lipinski definition) is 2. The molecule has 0 saturated carbocycles. The number of carbonyl (C=O) groups is 1. The molecule has 9 heteroatoms. The van der Waals surface area contributed by atoms with Gasteiger partial charge in [0.05, 0.1) is 45.2 Å². The van der Waals surface area contributed by atoms with E-state index in [1.807, 2.05) is 57.2 Å². The summed E-state index contributed by atoms with van der Waals surface area (Å²) in [6.07, 6.45) is 4.08. The van der Waals surface area contributed by atoms with Gasteiger partial charge >= 0.3 is 0 Å². The minimum Gasteiger partial charge on any atom is -0.493 e. The van der Waals surface area contributed by atoms with Crippen LogP contribution in [0.4, 0.5) is 17.1 Å². The number of rotatable bonds is 12. The van der Waals surface area contributed by atoms with E-state index in [1.54, 1.807) is 26.4 Å². The molecule has 1 heterocycles. The topological polar surface area (TPSA) is 100 Å². The van der Waals surface area contributed by atoms with Crippen molar-refractivity contribution in [3.8, 4) is 28.7 Å². The van der Waals surface area contributed by atoms with Gasteiger partial charge in [-0.1, -0.05) is 0 Å². The number of aryl methyl sites for hydroxylation is 1. The van der Waals surface area contributed by atoms with Gasteiger partial charge in [0.2, 0.25) is 5.75 Å². The summed E-state index contributed by atoms with van der Waals surface area (Å²) in [6, 6.07) is 15.0. The standard InChI is InChI=1S/C34H39N3O6/c1-6-41-30-17-21(18-31(42-7-2)33(30)43-8-3)34(38)36-22-13-15-27-25(19-22)32(24-11-9-10-12-26(24)37-27)35-23-14-16-28(39-4)29(20-23)40-5/h13-20H,6-12H2,1-5H3,(H,35,37)(H,36,38). The van der Waals surface area contributed by atoms with Crippen LogP contribution in [-0.4, -0.2) is 44.9 Å². The minimum atomic E-state index is -0.287. The lowest BCUT2D eigenvalue weighted by Crippen LogP contribution is -2.14. The number of amides is 1. The van der Waals surface area contributed by atoms with Crippen LogP contribution in [0, 0.1) is 0 Å². The first-order chi connectivity index (χ1) is 21.0. The number of ether oxygens (including phenoxy) is 5. The van der Waals surface area contributed by atoms with E-state index in [0.717, 1.165) is 53.7 Å². The Bertz CT molecular complexity index is 1590. The van der Waals surface area contributed by atoms with E-state index < -0.39 is 0 Å². The second kappa shape index (κ2) is 13.5. The molecular weight excluding hydrogens is 546 g/mol. The molecule has 1 aliphatic rings. The largest absolute Gasteiger partial charge is 0.493 e. The van der Waals surface area contributed by atoms with Crippen LogP contribution in [0.3, 0.4) is 0 Å². The first kappa shape index (κ1) is 29.8. The van der Waals surface area contributed by atoms with Gasteiger partial charge in [-0.3, -0.25) is 9.78 Å². The third kappa shape index (κ3) is 6.40. The SMILES string of the molecule is CCOc1cc(C(=O)Nc2ccc3nc4c(c(Nc5ccc(OC)c(OC)c5)c3c2)CCCC4)cc(OCC)c1OCC. The second-order valence-corrected chi connectivity index (χ2v) is 10.1. The Kier molecular flexibility index (Phi) is 9.39. The van der Waals surface area contributed by atoms with Crippen molar-refractivity contribution >= 4 is 33.9 Å². The van der Waals surface area contributed by atoms with Gasteiger partial charge in [-0.15, -0.1) is 0 Å². The summed E-state index contributed by atoms with van der Waals surface area (Å²) in [5.41, 5.74) is 6.08. The molecule has 43 heavy (non-hydrogen) atoms. The highest BCUT2D eigenvalue weighted by atomic mass is 16.5. The molecule has 5 rings (SSSR count). The highest BCUT2D eigenvalue weighted by Crippen LogP contribution is 2.40. The molecule has 1 aromatic heterocycles. The van der Waals surface area contributed by atoms with E-state index in [4.69, 9.17) is 28.7 Å². The van der Waals surface area contributed by atoms with E-state index in [9.17, 15) is 4.79 Å². The third-order valence-corrected chi connectivity index (χ3v) is 7.34. The Morgan fingerprint density at radius 1 is 0.767 bits per heavy atom. The van der Waals surface area contributed by atoms with Crippen molar-refractivity contribution < 1.29 is 28.5 Å². The normalized spacial score (nSPS) is 12.3. The molecule has 2 N–H and O–H groups in total. The van der Waals surface area contributed by atoms with Crippen LogP contribution in [0.15, 0.2) is 48.5 Å². The van der Waals surface area contributed by atoms with Gasteiger partial charge in [-0.05, 0) is 94.5 Å². The lowest BCUT2D eigenvalue weighted by Gasteiger charge is -2.22. The Morgan fingerprint density at radius 2 is 1.44 bits per heavy atom. The highest BCUT2D eigenvalue weighted by Gasteiger charge is 2.21. The second-order valence-electron chi connectivity index (χ2n) is 10.1. The number of aromatic nitrogens is 1. The first-order valence-electron chi connectivity index (χ1n) is 14.8. The van der Waals surface area contributed by atoms with Crippen molar-refractivity contribution in [1.29, 1.82) is 0 Å². The first-order valence-corrected chi connectivity index (χ1v) is 14.8. The molecular formula is C34H39N3O6. The van der Waals surface area contributed by atoms with E-state index in [2.05, 4.69) is 10.6 Å². The zero-order chi connectivity index (χ0) is 30.3. The van der Waals surface area contributed by atoms with E-state index >= 15 is 0 Å². The van der Waals surface area contributed by atoms with E-state index in [0.29, 0.717) is 59.8 Å². The number of fused-ring (bicyclic) bond motifs is 2. The maximum atomic E-state index is 13.6. The molecule has 9 nitrogen and oxygen atoms in total. The van der Waals surface area contributed by atoms with Gasteiger partial charge in [0.15, 0.2) is 23.0 Å². The summed E-state index contributed by atoms with van der Waals surface area (Å²) in [6.45, 7) is 6.96. The highest BCUT2D eigenvalue weighted by molar-refractivity contribution is 6.07. The molecule has 0 saturated heterocycles. The molecule has 0 bridgehead atoms. The molecule has 1 amide bonds. The summed E-state index contributed by atoms with van der Waals surface area (Å²) in [7, 11) is 3.25. The Labute approximate surface area is 252 Å². The van der Waals surface area contributed by atoms with E-state index in [-0.39, 0.29) is 5.91 Å². The molecule has 226 valence electrons. The summed E-state index contributed by atoms with van der Waals surface area (Å²) in [5.74, 6) is 2.45. The van der Waals surface area contributed by atoms with Crippen molar-refractivity contribution in [2.24, 2.45) is 0 Å². The number of nitrogens with zero attached hydrogens (tertiary/aromatic N) is 1.